The molecule has 1 heterocycles. The fraction of sp³-hybridized carbons (Fsp3) is 0.333. The summed E-state index contributed by atoms with van der Waals surface area (Å²) in [4.78, 5) is 1.98. The largest absolute Gasteiger partial charge is 0.394 e. The van der Waals surface area contributed by atoms with Crippen LogP contribution in [0.25, 0.3) is 0 Å². The lowest BCUT2D eigenvalue weighted by Gasteiger charge is -2.20. The predicted octanol–water partition coefficient (Wildman–Crippen LogP) is 2.77. The number of nitrogens with zero attached hydrogens (tertiary/aromatic N) is 4. The van der Waals surface area contributed by atoms with Crippen molar-refractivity contribution >= 4 is 17.2 Å². The molecule has 0 aliphatic rings. The average Bonchev–Trinajstić information content (AvgIpc) is 2.73. The first-order chi connectivity index (χ1) is 9.45. The fourth-order valence-electron chi connectivity index (χ4n) is 2.26. The van der Waals surface area contributed by atoms with Crippen LogP contribution >= 0.6 is 0 Å². The summed E-state index contributed by atoms with van der Waals surface area (Å²) in [6.07, 6.45) is 0. The van der Waals surface area contributed by atoms with Crippen LogP contribution in [-0.4, -0.2) is 16.8 Å². The third-order valence-corrected chi connectivity index (χ3v) is 3.33. The number of anilines is 3. The van der Waals surface area contributed by atoms with Crippen molar-refractivity contribution in [3.63, 3.8) is 0 Å². The maximum absolute atomic E-state index is 8.84. The number of rotatable bonds is 3. The number of hydrogen-bond donors (Lipinski definition) is 1. The van der Waals surface area contributed by atoms with Crippen LogP contribution in [0.5, 0.6) is 0 Å². The summed E-state index contributed by atoms with van der Waals surface area (Å²) in [5.41, 5.74) is 9.44. The summed E-state index contributed by atoms with van der Waals surface area (Å²) in [6, 6.07) is 9.51. The van der Waals surface area contributed by atoms with Gasteiger partial charge in [0.25, 0.3) is 0 Å². The summed E-state index contributed by atoms with van der Waals surface area (Å²) in [7, 11) is 3.83. The number of nitriles is 1. The molecule has 0 bridgehead atoms. The van der Waals surface area contributed by atoms with Crippen molar-refractivity contribution in [2.45, 2.75) is 19.8 Å². The van der Waals surface area contributed by atoms with Crippen LogP contribution in [0.4, 0.5) is 17.2 Å². The van der Waals surface area contributed by atoms with Crippen LogP contribution in [0.1, 0.15) is 31.0 Å². The van der Waals surface area contributed by atoms with E-state index in [2.05, 4.69) is 25.0 Å². The van der Waals surface area contributed by atoms with Crippen molar-refractivity contribution in [2.24, 2.45) is 7.05 Å². The molecule has 2 N–H and O–H groups in total. The molecule has 0 radical (unpaired) electrons. The summed E-state index contributed by atoms with van der Waals surface area (Å²) in [5.74, 6) is 1.14. The number of benzene rings is 1. The van der Waals surface area contributed by atoms with Gasteiger partial charge in [-0.15, -0.1) is 0 Å². The normalized spacial score (nSPS) is 10.6. The van der Waals surface area contributed by atoms with Gasteiger partial charge >= 0.3 is 0 Å². The Labute approximate surface area is 119 Å². The van der Waals surface area contributed by atoms with Crippen molar-refractivity contribution < 1.29 is 0 Å². The third-order valence-electron chi connectivity index (χ3n) is 3.33. The van der Waals surface area contributed by atoms with E-state index in [1.165, 1.54) is 0 Å². The van der Waals surface area contributed by atoms with Crippen molar-refractivity contribution in [2.75, 3.05) is 17.7 Å². The van der Waals surface area contributed by atoms with Gasteiger partial charge < -0.3 is 10.6 Å². The average molecular weight is 269 g/mol. The lowest BCUT2D eigenvalue weighted by atomic mass is 10.1. The van der Waals surface area contributed by atoms with Gasteiger partial charge in [0.2, 0.25) is 0 Å². The first-order valence-corrected chi connectivity index (χ1v) is 6.52. The molecule has 0 amide bonds. The second-order valence-electron chi connectivity index (χ2n) is 5.12. The number of nitrogens with two attached hydrogens (primary N) is 1. The molecule has 0 fully saturated rings. The predicted molar refractivity (Wildman–Crippen MR) is 80.9 cm³/mol. The van der Waals surface area contributed by atoms with E-state index in [9.17, 15) is 0 Å². The molecule has 0 aliphatic carbocycles. The maximum atomic E-state index is 8.84. The quantitative estimate of drug-likeness (QED) is 0.930. The van der Waals surface area contributed by atoms with Gasteiger partial charge in [-0.3, -0.25) is 4.68 Å². The van der Waals surface area contributed by atoms with E-state index in [1.807, 2.05) is 31.1 Å². The molecular formula is C15H19N5. The Morgan fingerprint density at radius 3 is 2.35 bits per heavy atom. The van der Waals surface area contributed by atoms with Gasteiger partial charge in [-0.1, -0.05) is 13.8 Å². The zero-order chi connectivity index (χ0) is 14.9. The topological polar surface area (TPSA) is 70.9 Å². The lowest BCUT2D eigenvalue weighted by Crippen LogP contribution is -2.15. The van der Waals surface area contributed by atoms with Crippen LogP contribution in [0.15, 0.2) is 24.3 Å². The SMILES string of the molecule is CC(C)c1nn(C)c(N(C)c2ccc(C#N)cc2)c1N. The molecule has 2 rings (SSSR count). The van der Waals surface area contributed by atoms with Gasteiger partial charge in [0.1, 0.15) is 0 Å². The monoisotopic (exact) mass is 269 g/mol. The minimum absolute atomic E-state index is 0.282. The van der Waals surface area contributed by atoms with Crippen molar-refractivity contribution in [1.82, 2.24) is 9.78 Å². The summed E-state index contributed by atoms with van der Waals surface area (Å²) in [5, 5.41) is 13.3. The van der Waals surface area contributed by atoms with Gasteiger partial charge in [0.15, 0.2) is 5.82 Å². The van der Waals surface area contributed by atoms with E-state index < -0.39 is 0 Å². The molecule has 0 unspecified atom stereocenters. The number of aromatic nitrogens is 2. The zero-order valence-corrected chi connectivity index (χ0v) is 12.3. The van der Waals surface area contributed by atoms with E-state index in [0.717, 1.165) is 17.2 Å². The number of aryl methyl sites for hydroxylation is 1. The molecule has 0 spiro atoms. The Bertz CT molecular complexity index is 646. The standard InChI is InChI=1S/C15H19N5/c1-10(2)14-13(17)15(20(4)18-14)19(3)12-7-5-11(9-16)6-8-12/h5-8,10H,17H2,1-4H3. The second kappa shape index (κ2) is 5.25. The van der Waals surface area contributed by atoms with Crippen LogP contribution in [0.3, 0.4) is 0 Å². The molecule has 2 aromatic rings. The summed E-state index contributed by atoms with van der Waals surface area (Å²) < 4.78 is 1.79. The highest BCUT2D eigenvalue weighted by molar-refractivity contribution is 5.73. The van der Waals surface area contributed by atoms with Crippen LogP contribution in [-0.2, 0) is 7.05 Å². The zero-order valence-electron chi connectivity index (χ0n) is 12.3. The smallest absolute Gasteiger partial charge is 0.154 e. The Balaban J connectivity index is 2.42. The molecule has 5 heteroatoms. The highest BCUT2D eigenvalue weighted by Crippen LogP contribution is 2.33. The van der Waals surface area contributed by atoms with E-state index in [-0.39, 0.29) is 5.92 Å². The molecule has 5 nitrogen and oxygen atoms in total. The Hall–Kier alpha value is -2.48. The van der Waals surface area contributed by atoms with Crippen LogP contribution in [0, 0.1) is 11.3 Å². The van der Waals surface area contributed by atoms with Gasteiger partial charge in [-0.25, -0.2) is 0 Å². The third kappa shape index (κ3) is 2.32. The molecule has 0 atom stereocenters. The van der Waals surface area contributed by atoms with E-state index >= 15 is 0 Å². The Kier molecular flexibility index (Phi) is 3.66. The summed E-state index contributed by atoms with van der Waals surface area (Å²) in [6.45, 7) is 4.15. The van der Waals surface area contributed by atoms with Crippen molar-refractivity contribution in [3.8, 4) is 6.07 Å². The Morgan fingerprint density at radius 2 is 1.90 bits per heavy atom. The lowest BCUT2D eigenvalue weighted by molar-refractivity contribution is 0.711. The van der Waals surface area contributed by atoms with Crippen LogP contribution in [0.2, 0.25) is 0 Å². The minimum atomic E-state index is 0.282. The maximum Gasteiger partial charge on any atom is 0.154 e. The van der Waals surface area contributed by atoms with E-state index in [0.29, 0.717) is 11.3 Å². The molecule has 1 aromatic heterocycles. The molecular weight excluding hydrogens is 250 g/mol. The molecule has 0 saturated heterocycles. The van der Waals surface area contributed by atoms with Gasteiger partial charge in [-0.2, -0.15) is 10.4 Å². The minimum Gasteiger partial charge on any atom is -0.394 e. The first kappa shape index (κ1) is 13.9. The highest BCUT2D eigenvalue weighted by Gasteiger charge is 2.19. The molecule has 0 saturated carbocycles. The van der Waals surface area contributed by atoms with E-state index in [4.69, 9.17) is 11.0 Å². The van der Waals surface area contributed by atoms with E-state index in [1.54, 1.807) is 16.8 Å². The molecule has 20 heavy (non-hydrogen) atoms. The first-order valence-electron chi connectivity index (χ1n) is 6.52. The number of hydrogen-bond acceptors (Lipinski definition) is 4. The highest BCUT2D eigenvalue weighted by atomic mass is 15.4. The molecule has 1 aromatic carbocycles. The van der Waals surface area contributed by atoms with Crippen LogP contribution < -0.4 is 10.6 Å². The van der Waals surface area contributed by atoms with Crippen molar-refractivity contribution in [1.29, 1.82) is 5.26 Å². The Morgan fingerprint density at radius 1 is 1.30 bits per heavy atom. The van der Waals surface area contributed by atoms with Gasteiger partial charge in [0, 0.05) is 19.8 Å². The fourth-order valence-corrected chi connectivity index (χ4v) is 2.26. The number of nitrogen functional groups attached to an aromatic ring is 1. The van der Waals surface area contributed by atoms with Gasteiger partial charge in [-0.05, 0) is 30.2 Å². The summed E-state index contributed by atoms with van der Waals surface area (Å²) >= 11 is 0. The van der Waals surface area contributed by atoms with Crippen molar-refractivity contribution in [3.05, 3.63) is 35.5 Å². The second-order valence-corrected chi connectivity index (χ2v) is 5.12. The van der Waals surface area contributed by atoms with Gasteiger partial charge in [0.05, 0.1) is 23.0 Å². The molecule has 0 aliphatic heterocycles. The molecule has 104 valence electrons.